The molecular formula is C9H9BrN2. The number of hydrogen-bond acceptors (Lipinski definition) is 2. The lowest BCUT2D eigenvalue weighted by molar-refractivity contribution is 1.04. The van der Waals surface area contributed by atoms with Crippen LogP contribution in [0.5, 0.6) is 0 Å². The summed E-state index contributed by atoms with van der Waals surface area (Å²) < 4.78 is 0.816. The number of aryl methyl sites for hydroxylation is 1. The summed E-state index contributed by atoms with van der Waals surface area (Å²) in [6.07, 6.45) is 0. The first-order chi connectivity index (χ1) is 5.70. The monoisotopic (exact) mass is 224 g/mol. The Morgan fingerprint density at radius 1 is 1.58 bits per heavy atom. The molecule has 1 aromatic rings. The number of hydrogen-bond donors (Lipinski definition) is 1. The summed E-state index contributed by atoms with van der Waals surface area (Å²) in [5, 5.41) is 8.82. The van der Waals surface area contributed by atoms with Crippen LogP contribution >= 0.6 is 15.9 Å². The van der Waals surface area contributed by atoms with Gasteiger partial charge in [0, 0.05) is 11.0 Å². The minimum atomic E-state index is 0.411. The molecule has 0 radical (unpaired) electrons. The zero-order valence-corrected chi connectivity index (χ0v) is 8.35. The van der Waals surface area contributed by atoms with Gasteiger partial charge < -0.3 is 5.73 Å². The van der Waals surface area contributed by atoms with E-state index in [2.05, 4.69) is 22.0 Å². The van der Waals surface area contributed by atoms with Crippen LogP contribution in [0.1, 0.15) is 16.7 Å². The van der Waals surface area contributed by atoms with Crippen molar-refractivity contribution in [2.24, 2.45) is 5.73 Å². The molecule has 1 aromatic carbocycles. The molecule has 0 aliphatic rings. The zero-order valence-electron chi connectivity index (χ0n) is 6.76. The highest BCUT2D eigenvalue weighted by Crippen LogP contribution is 2.22. The molecule has 0 heterocycles. The number of halogens is 1. The molecule has 0 aliphatic carbocycles. The van der Waals surface area contributed by atoms with E-state index < -0.39 is 0 Å². The Kier molecular flexibility index (Phi) is 2.85. The predicted molar refractivity (Wildman–Crippen MR) is 51.5 cm³/mol. The first kappa shape index (κ1) is 9.24. The molecule has 0 saturated carbocycles. The molecule has 0 fully saturated rings. The van der Waals surface area contributed by atoms with Crippen LogP contribution in [0.2, 0.25) is 0 Å². The van der Waals surface area contributed by atoms with E-state index in [1.165, 1.54) is 0 Å². The summed E-state index contributed by atoms with van der Waals surface area (Å²) in [5.74, 6) is 0. The third-order valence-electron chi connectivity index (χ3n) is 1.81. The summed E-state index contributed by atoms with van der Waals surface area (Å²) in [5.41, 5.74) is 8.16. The molecule has 0 atom stereocenters. The molecule has 3 heteroatoms. The number of nitriles is 1. The van der Waals surface area contributed by atoms with Crippen molar-refractivity contribution in [3.05, 3.63) is 33.3 Å². The lowest BCUT2D eigenvalue weighted by Gasteiger charge is -2.06. The zero-order chi connectivity index (χ0) is 9.14. The Bertz CT molecular complexity index is 339. The summed E-state index contributed by atoms with van der Waals surface area (Å²) in [7, 11) is 0. The number of nitrogens with two attached hydrogens (primary N) is 1. The van der Waals surface area contributed by atoms with Crippen molar-refractivity contribution in [1.82, 2.24) is 0 Å². The van der Waals surface area contributed by atoms with Crippen LogP contribution in [0.25, 0.3) is 0 Å². The van der Waals surface area contributed by atoms with E-state index in [1.807, 2.05) is 19.1 Å². The highest BCUT2D eigenvalue weighted by atomic mass is 79.9. The van der Waals surface area contributed by atoms with E-state index in [4.69, 9.17) is 11.0 Å². The Labute approximate surface area is 80.1 Å². The Morgan fingerprint density at radius 3 is 2.67 bits per heavy atom. The van der Waals surface area contributed by atoms with Crippen molar-refractivity contribution in [3.63, 3.8) is 0 Å². The summed E-state index contributed by atoms with van der Waals surface area (Å²) in [6.45, 7) is 2.36. The van der Waals surface area contributed by atoms with Gasteiger partial charge >= 0.3 is 0 Å². The summed E-state index contributed by atoms with van der Waals surface area (Å²) in [6, 6.07) is 5.95. The molecule has 0 aromatic heterocycles. The maximum atomic E-state index is 8.82. The van der Waals surface area contributed by atoms with Crippen LogP contribution in [0.3, 0.4) is 0 Å². The molecule has 0 saturated heterocycles. The number of benzene rings is 1. The van der Waals surface area contributed by atoms with Gasteiger partial charge in [-0.2, -0.15) is 5.26 Å². The van der Waals surface area contributed by atoms with Crippen LogP contribution in [-0.4, -0.2) is 0 Å². The van der Waals surface area contributed by atoms with E-state index >= 15 is 0 Å². The van der Waals surface area contributed by atoms with Crippen molar-refractivity contribution in [2.45, 2.75) is 13.5 Å². The maximum Gasteiger partial charge on any atom is 0.101 e. The first-order valence-electron chi connectivity index (χ1n) is 3.59. The van der Waals surface area contributed by atoms with Gasteiger partial charge in [0.25, 0.3) is 0 Å². The Morgan fingerprint density at radius 2 is 2.25 bits per heavy atom. The van der Waals surface area contributed by atoms with E-state index in [9.17, 15) is 0 Å². The smallest absolute Gasteiger partial charge is 0.101 e. The van der Waals surface area contributed by atoms with Gasteiger partial charge in [-0.05, 0) is 40.0 Å². The third kappa shape index (κ3) is 1.50. The molecule has 2 nitrogen and oxygen atoms in total. The lowest BCUT2D eigenvalue weighted by Crippen LogP contribution is -2.02. The van der Waals surface area contributed by atoms with Gasteiger partial charge in [0.1, 0.15) is 6.07 Å². The highest BCUT2D eigenvalue weighted by Gasteiger charge is 2.06. The second-order valence-electron chi connectivity index (χ2n) is 2.53. The average Bonchev–Trinajstić information content (AvgIpc) is 2.08. The fourth-order valence-corrected chi connectivity index (χ4v) is 1.57. The normalized spacial score (nSPS) is 9.50. The van der Waals surface area contributed by atoms with Crippen LogP contribution < -0.4 is 5.73 Å². The van der Waals surface area contributed by atoms with Crippen LogP contribution in [-0.2, 0) is 6.54 Å². The van der Waals surface area contributed by atoms with Gasteiger partial charge in [0.15, 0.2) is 0 Å². The molecule has 2 N–H and O–H groups in total. The molecule has 0 bridgehead atoms. The standard InChI is InChI=1S/C9H9BrN2/c1-6-2-3-9(10)8(5-12)7(6)4-11/h2-3H,4,11H2,1H3. The average molecular weight is 225 g/mol. The van der Waals surface area contributed by atoms with Gasteiger partial charge in [0.05, 0.1) is 5.56 Å². The minimum Gasteiger partial charge on any atom is -0.326 e. The van der Waals surface area contributed by atoms with Crippen molar-refractivity contribution >= 4 is 15.9 Å². The lowest BCUT2D eigenvalue weighted by atomic mass is 10.0. The summed E-state index contributed by atoms with van der Waals surface area (Å²) in [4.78, 5) is 0. The second kappa shape index (κ2) is 3.70. The second-order valence-corrected chi connectivity index (χ2v) is 3.39. The Balaban J connectivity index is 3.41. The quantitative estimate of drug-likeness (QED) is 0.795. The molecule has 1 rings (SSSR count). The topological polar surface area (TPSA) is 49.8 Å². The van der Waals surface area contributed by atoms with E-state index in [0.29, 0.717) is 12.1 Å². The molecule has 12 heavy (non-hydrogen) atoms. The first-order valence-corrected chi connectivity index (χ1v) is 4.38. The molecule has 0 spiro atoms. The molecule has 0 unspecified atom stereocenters. The van der Waals surface area contributed by atoms with Crippen molar-refractivity contribution in [1.29, 1.82) is 5.26 Å². The molecule has 62 valence electrons. The van der Waals surface area contributed by atoms with Gasteiger partial charge in [-0.15, -0.1) is 0 Å². The molecule has 0 aliphatic heterocycles. The minimum absolute atomic E-state index is 0.411. The van der Waals surface area contributed by atoms with Gasteiger partial charge in [0.2, 0.25) is 0 Å². The van der Waals surface area contributed by atoms with Gasteiger partial charge in [-0.1, -0.05) is 6.07 Å². The van der Waals surface area contributed by atoms with Crippen molar-refractivity contribution in [2.75, 3.05) is 0 Å². The van der Waals surface area contributed by atoms with Crippen LogP contribution in [0.15, 0.2) is 16.6 Å². The number of rotatable bonds is 1. The van der Waals surface area contributed by atoms with E-state index in [-0.39, 0.29) is 0 Å². The van der Waals surface area contributed by atoms with Crippen LogP contribution in [0, 0.1) is 18.3 Å². The van der Waals surface area contributed by atoms with E-state index in [0.717, 1.165) is 15.6 Å². The van der Waals surface area contributed by atoms with Crippen LogP contribution in [0.4, 0.5) is 0 Å². The third-order valence-corrected chi connectivity index (χ3v) is 2.47. The van der Waals surface area contributed by atoms with Crippen molar-refractivity contribution in [3.8, 4) is 6.07 Å². The van der Waals surface area contributed by atoms with Gasteiger partial charge in [-0.25, -0.2) is 0 Å². The van der Waals surface area contributed by atoms with E-state index in [1.54, 1.807) is 0 Å². The SMILES string of the molecule is Cc1ccc(Br)c(C#N)c1CN. The highest BCUT2D eigenvalue weighted by molar-refractivity contribution is 9.10. The van der Waals surface area contributed by atoms with Gasteiger partial charge in [-0.3, -0.25) is 0 Å². The van der Waals surface area contributed by atoms with Crippen molar-refractivity contribution < 1.29 is 0 Å². The Hall–Kier alpha value is -0.850. The fraction of sp³-hybridized carbons (Fsp3) is 0.222. The predicted octanol–water partition coefficient (Wildman–Crippen LogP) is 2.09. The molecule has 0 amide bonds. The summed E-state index contributed by atoms with van der Waals surface area (Å²) >= 11 is 3.30. The largest absolute Gasteiger partial charge is 0.326 e. The number of nitrogens with zero attached hydrogens (tertiary/aromatic N) is 1. The molecular weight excluding hydrogens is 216 g/mol. The maximum absolute atomic E-state index is 8.82. The fourth-order valence-electron chi connectivity index (χ4n) is 1.11.